The Kier molecular flexibility index (Phi) is 10.0. The molecule has 47 heavy (non-hydrogen) atoms. The lowest BCUT2D eigenvalue weighted by Gasteiger charge is -2.30. The molecule has 1 aromatic carbocycles. The number of hydrogen-bond donors (Lipinski definition) is 2. The van der Waals surface area contributed by atoms with Crippen LogP contribution in [0.5, 0.6) is 5.88 Å². The Morgan fingerprint density at radius 1 is 1.17 bits per heavy atom. The molecule has 12 nitrogen and oxygen atoms in total. The topological polar surface area (TPSA) is 149 Å². The third-order valence-electron chi connectivity index (χ3n) is 8.62. The van der Waals surface area contributed by atoms with Crippen molar-refractivity contribution in [1.29, 1.82) is 0 Å². The van der Waals surface area contributed by atoms with E-state index in [0.29, 0.717) is 30.5 Å². The summed E-state index contributed by atoms with van der Waals surface area (Å²) in [6.45, 7) is 8.72. The zero-order valence-corrected chi connectivity index (χ0v) is 27.6. The molecule has 5 atom stereocenters. The number of aromatic nitrogens is 2. The van der Waals surface area contributed by atoms with Gasteiger partial charge in [0.05, 0.1) is 18.7 Å². The lowest BCUT2D eigenvalue weighted by atomic mass is 10.0. The number of alkyl carbamates (subject to hydrolysis) is 1. The molecule has 2 aromatic rings. The summed E-state index contributed by atoms with van der Waals surface area (Å²) in [5, 5.41) is 5.65. The van der Waals surface area contributed by atoms with Gasteiger partial charge in [-0.1, -0.05) is 31.1 Å². The van der Waals surface area contributed by atoms with E-state index in [1.165, 1.54) is 11.0 Å². The van der Waals surface area contributed by atoms with Crippen LogP contribution in [0.4, 0.5) is 9.18 Å². The molecule has 5 rings (SSSR count). The van der Waals surface area contributed by atoms with Gasteiger partial charge in [0.25, 0.3) is 0 Å². The zero-order chi connectivity index (χ0) is 33.9. The zero-order valence-electron chi connectivity index (χ0n) is 27.6. The lowest BCUT2D eigenvalue weighted by molar-refractivity contribution is -0.150. The third kappa shape index (κ3) is 7.82. The summed E-state index contributed by atoms with van der Waals surface area (Å²) in [7, 11) is 0. The number of para-hydroxylation sites is 1. The highest BCUT2D eigenvalue weighted by Gasteiger charge is 2.62. The number of esters is 1. The fraction of sp³-hybridized carbons (Fsp3) is 0.588. The number of hydrogen-bond acceptors (Lipinski definition) is 9. The van der Waals surface area contributed by atoms with Gasteiger partial charge in [-0.25, -0.2) is 23.9 Å². The number of ether oxygens (including phenoxy) is 3. The smallest absolute Gasteiger partial charge is 0.408 e. The van der Waals surface area contributed by atoms with Crippen molar-refractivity contribution in [1.82, 2.24) is 25.5 Å². The van der Waals surface area contributed by atoms with Crippen LogP contribution in [-0.4, -0.2) is 81.2 Å². The van der Waals surface area contributed by atoms with Gasteiger partial charge in [-0.05, 0) is 72.4 Å². The minimum absolute atomic E-state index is 0.0183. The molecule has 5 unspecified atom stereocenters. The fourth-order valence-electron chi connectivity index (χ4n) is 6.23. The second kappa shape index (κ2) is 13.8. The summed E-state index contributed by atoms with van der Waals surface area (Å²) in [6, 6.07) is 2.47. The maximum Gasteiger partial charge on any atom is 0.408 e. The van der Waals surface area contributed by atoms with E-state index in [9.17, 15) is 23.6 Å². The highest BCUT2D eigenvalue weighted by Crippen LogP contribution is 2.46. The molecule has 254 valence electrons. The molecule has 2 aliphatic heterocycles. The molecule has 3 aliphatic rings. The second-order valence-corrected chi connectivity index (χ2v) is 13.5. The predicted molar refractivity (Wildman–Crippen MR) is 170 cm³/mol. The normalized spacial score (nSPS) is 26.7. The van der Waals surface area contributed by atoms with Crippen molar-refractivity contribution >= 4 is 34.9 Å². The van der Waals surface area contributed by atoms with Gasteiger partial charge in [0, 0.05) is 12.3 Å². The summed E-state index contributed by atoms with van der Waals surface area (Å²) in [5.74, 6) is -2.24. The van der Waals surface area contributed by atoms with Gasteiger partial charge in [-0.2, -0.15) is 0 Å². The first-order valence-corrected chi connectivity index (χ1v) is 16.4. The molecular formula is C34H44FN5O7. The summed E-state index contributed by atoms with van der Waals surface area (Å²) >= 11 is 0. The highest BCUT2D eigenvalue weighted by atomic mass is 19.1. The van der Waals surface area contributed by atoms with Crippen molar-refractivity contribution in [2.75, 3.05) is 13.2 Å². The van der Waals surface area contributed by atoms with Crippen LogP contribution in [0.3, 0.4) is 0 Å². The van der Waals surface area contributed by atoms with Crippen molar-refractivity contribution < 1.29 is 37.8 Å². The first kappa shape index (κ1) is 34.1. The Morgan fingerprint density at radius 2 is 1.96 bits per heavy atom. The molecule has 0 bridgehead atoms. The van der Waals surface area contributed by atoms with Crippen LogP contribution in [0, 0.1) is 18.7 Å². The standard InChI is InChI=1S/C34H44FN5O7/c1-6-45-31(43)34-18-21(34)13-10-8-7-9-11-15-25(37-32(44)47-33(3,4)5)30(42)40-19-22(17-26(40)28(41)39-34)46-29-20(2)36-24-16-12-14-23(35)27(24)38-29/h10,12-14,16,21-22,25-26H,6-9,11,15,17-19H2,1-5H3,(H,37,44)(H,39,41). The fourth-order valence-corrected chi connectivity index (χ4v) is 6.23. The number of nitrogens with zero attached hydrogens (tertiary/aromatic N) is 3. The van der Waals surface area contributed by atoms with Crippen molar-refractivity contribution in [2.45, 2.75) is 109 Å². The Balaban J connectivity index is 1.46. The number of rotatable bonds is 5. The number of amides is 3. The molecule has 0 radical (unpaired) electrons. The van der Waals surface area contributed by atoms with Gasteiger partial charge in [0.2, 0.25) is 17.7 Å². The maximum absolute atomic E-state index is 14.6. The minimum Gasteiger partial charge on any atom is -0.471 e. The second-order valence-electron chi connectivity index (χ2n) is 13.5. The van der Waals surface area contributed by atoms with Gasteiger partial charge in [-0.3, -0.25) is 9.59 Å². The van der Waals surface area contributed by atoms with Crippen LogP contribution in [0.15, 0.2) is 30.4 Å². The first-order valence-electron chi connectivity index (χ1n) is 16.4. The molecule has 1 saturated heterocycles. The largest absolute Gasteiger partial charge is 0.471 e. The third-order valence-corrected chi connectivity index (χ3v) is 8.62. The lowest BCUT2D eigenvalue weighted by Crippen LogP contribution is -2.56. The molecule has 1 aromatic heterocycles. The van der Waals surface area contributed by atoms with Crippen LogP contribution < -0.4 is 15.4 Å². The van der Waals surface area contributed by atoms with Crippen LogP contribution >= 0.6 is 0 Å². The van der Waals surface area contributed by atoms with Crippen molar-refractivity contribution in [2.24, 2.45) is 5.92 Å². The van der Waals surface area contributed by atoms with Crippen LogP contribution in [-0.2, 0) is 23.9 Å². The maximum atomic E-state index is 14.6. The number of carbonyl (C=O) groups excluding carboxylic acids is 4. The van der Waals surface area contributed by atoms with E-state index < -0.39 is 59.0 Å². The number of carbonyl (C=O) groups is 4. The molecule has 0 spiro atoms. The molecule has 13 heteroatoms. The van der Waals surface area contributed by atoms with Gasteiger partial charge in [-0.15, -0.1) is 0 Å². The molecule has 1 saturated carbocycles. The quantitative estimate of drug-likeness (QED) is 0.356. The van der Waals surface area contributed by atoms with Crippen LogP contribution in [0.2, 0.25) is 0 Å². The Bertz CT molecular complexity index is 1560. The van der Waals surface area contributed by atoms with E-state index in [4.69, 9.17) is 14.2 Å². The number of allylic oxidation sites excluding steroid dienone is 1. The molecule has 2 fully saturated rings. The average Bonchev–Trinajstić information content (AvgIpc) is 3.52. The molecule has 1 aliphatic carbocycles. The number of nitrogens with one attached hydrogen (secondary N) is 2. The van der Waals surface area contributed by atoms with Crippen molar-refractivity contribution in [3.8, 4) is 5.88 Å². The first-order chi connectivity index (χ1) is 22.3. The van der Waals surface area contributed by atoms with E-state index in [-0.39, 0.29) is 36.9 Å². The Hall–Kier alpha value is -4.29. The van der Waals surface area contributed by atoms with Crippen molar-refractivity contribution in [3.63, 3.8) is 0 Å². The van der Waals surface area contributed by atoms with E-state index in [1.54, 1.807) is 46.8 Å². The Morgan fingerprint density at radius 3 is 2.70 bits per heavy atom. The van der Waals surface area contributed by atoms with E-state index in [0.717, 1.165) is 19.3 Å². The van der Waals surface area contributed by atoms with Crippen LogP contribution in [0.1, 0.15) is 78.3 Å². The Labute approximate surface area is 273 Å². The summed E-state index contributed by atoms with van der Waals surface area (Å²) in [5.41, 5.74) is -1.18. The summed E-state index contributed by atoms with van der Waals surface area (Å²) in [4.78, 5) is 64.5. The van der Waals surface area contributed by atoms with E-state index in [1.807, 2.05) is 12.2 Å². The van der Waals surface area contributed by atoms with Crippen molar-refractivity contribution in [3.05, 3.63) is 41.9 Å². The minimum atomic E-state index is -1.23. The van der Waals surface area contributed by atoms with Gasteiger partial charge in [0.1, 0.15) is 40.5 Å². The molecule has 3 heterocycles. The summed E-state index contributed by atoms with van der Waals surface area (Å²) in [6.07, 6.45) is 6.37. The monoisotopic (exact) mass is 653 g/mol. The summed E-state index contributed by atoms with van der Waals surface area (Å²) < 4.78 is 31.6. The SMILES string of the molecule is CCOC(=O)C12CC1C=CCCCCCC(NC(=O)OC(C)(C)C)C(=O)N1CC(Oc3nc4c(F)cccc4nc3C)CC1C(=O)N2. The van der Waals surface area contributed by atoms with Crippen LogP contribution in [0.25, 0.3) is 11.0 Å². The highest BCUT2D eigenvalue weighted by molar-refractivity contribution is 5.96. The molecule has 3 amide bonds. The molecule has 2 N–H and O–H groups in total. The van der Waals surface area contributed by atoms with E-state index in [2.05, 4.69) is 20.6 Å². The van der Waals surface area contributed by atoms with Gasteiger partial charge < -0.3 is 29.7 Å². The number of halogens is 1. The number of benzene rings is 1. The van der Waals surface area contributed by atoms with Gasteiger partial charge >= 0.3 is 12.1 Å². The molecular weight excluding hydrogens is 609 g/mol. The average molecular weight is 654 g/mol. The number of fused-ring (bicyclic) bond motifs is 3. The van der Waals surface area contributed by atoms with E-state index >= 15 is 0 Å². The van der Waals surface area contributed by atoms with Gasteiger partial charge in [0.15, 0.2) is 5.82 Å². The number of aryl methyl sites for hydroxylation is 1. The predicted octanol–water partition coefficient (Wildman–Crippen LogP) is 4.28.